The van der Waals surface area contributed by atoms with Crippen LogP contribution in [0, 0.1) is 13.8 Å². The highest BCUT2D eigenvalue weighted by molar-refractivity contribution is 5.91. The van der Waals surface area contributed by atoms with Gasteiger partial charge >= 0.3 is 0 Å². The number of nitrogens with two attached hydrogens (primary N) is 1. The van der Waals surface area contributed by atoms with Crippen LogP contribution < -0.4 is 11.1 Å². The maximum absolute atomic E-state index is 5.85. The summed E-state index contributed by atoms with van der Waals surface area (Å²) in [5, 5.41) is 2.89. The van der Waals surface area contributed by atoms with E-state index < -0.39 is 0 Å². The first-order chi connectivity index (χ1) is 10.0. The molecule has 0 atom stereocenters. The second-order valence-corrected chi connectivity index (χ2v) is 4.77. The summed E-state index contributed by atoms with van der Waals surface area (Å²) in [4.78, 5) is 12.8. The molecular formula is C16H19N5. The molecule has 0 unspecified atom stereocenters. The molecule has 5 heteroatoms. The zero-order chi connectivity index (χ0) is 15.2. The minimum absolute atomic E-state index is 0.275. The first-order valence-electron chi connectivity index (χ1n) is 6.67. The third-order valence-electron chi connectivity index (χ3n) is 2.84. The molecule has 5 nitrogen and oxygen atoms in total. The third kappa shape index (κ3) is 4.42. The third-order valence-corrected chi connectivity index (χ3v) is 2.84. The van der Waals surface area contributed by atoms with Crippen LogP contribution in [0.1, 0.15) is 17.0 Å². The van der Waals surface area contributed by atoms with Crippen LogP contribution in [0.15, 0.2) is 48.0 Å². The number of guanidine groups is 1. The second-order valence-electron chi connectivity index (χ2n) is 4.77. The van der Waals surface area contributed by atoms with Gasteiger partial charge in [0.05, 0.1) is 6.54 Å². The van der Waals surface area contributed by atoms with Crippen LogP contribution in [0.3, 0.4) is 0 Å². The SMILES string of the molecule is C=C(CN=C(N)Nc1nc(C)cc(C)n1)c1ccccc1. The van der Waals surface area contributed by atoms with Crippen LogP contribution >= 0.6 is 0 Å². The lowest BCUT2D eigenvalue weighted by Gasteiger charge is -2.07. The fraction of sp³-hybridized carbons (Fsp3) is 0.188. The lowest BCUT2D eigenvalue weighted by Crippen LogP contribution is -2.24. The Morgan fingerprint density at radius 2 is 1.81 bits per heavy atom. The van der Waals surface area contributed by atoms with Gasteiger partial charge in [0.15, 0.2) is 5.96 Å². The van der Waals surface area contributed by atoms with Gasteiger partial charge in [0, 0.05) is 11.4 Å². The molecule has 108 valence electrons. The molecule has 0 aliphatic rings. The maximum atomic E-state index is 5.85. The summed E-state index contributed by atoms with van der Waals surface area (Å²) >= 11 is 0. The van der Waals surface area contributed by atoms with Gasteiger partial charge in [-0.15, -0.1) is 0 Å². The van der Waals surface area contributed by atoms with E-state index >= 15 is 0 Å². The molecule has 0 amide bonds. The van der Waals surface area contributed by atoms with E-state index in [2.05, 4.69) is 26.9 Å². The number of nitrogens with one attached hydrogen (secondary N) is 1. The van der Waals surface area contributed by atoms with Crippen molar-refractivity contribution in [3.8, 4) is 0 Å². The van der Waals surface area contributed by atoms with Gasteiger partial charge in [-0.1, -0.05) is 36.9 Å². The monoisotopic (exact) mass is 281 g/mol. The number of rotatable bonds is 4. The molecule has 0 radical (unpaired) electrons. The summed E-state index contributed by atoms with van der Waals surface area (Å²) in [6.07, 6.45) is 0. The molecule has 0 aliphatic carbocycles. The first-order valence-corrected chi connectivity index (χ1v) is 6.67. The van der Waals surface area contributed by atoms with Crippen molar-refractivity contribution in [2.24, 2.45) is 10.7 Å². The quantitative estimate of drug-likeness (QED) is 0.667. The molecule has 1 aromatic heterocycles. The van der Waals surface area contributed by atoms with Crippen molar-refractivity contribution < 1.29 is 0 Å². The van der Waals surface area contributed by atoms with Crippen LogP contribution in [-0.2, 0) is 0 Å². The minimum atomic E-state index is 0.275. The standard InChI is InChI=1S/C16H19N5/c1-11(14-7-5-4-6-8-14)10-18-15(17)21-16-19-12(2)9-13(3)20-16/h4-9H,1,10H2,2-3H3,(H3,17,18,19,20,21). The Morgan fingerprint density at radius 3 is 2.43 bits per heavy atom. The number of benzene rings is 1. The van der Waals surface area contributed by atoms with Crippen molar-refractivity contribution in [3.63, 3.8) is 0 Å². The van der Waals surface area contributed by atoms with E-state index in [0.717, 1.165) is 22.5 Å². The molecule has 0 saturated heterocycles. The van der Waals surface area contributed by atoms with Crippen molar-refractivity contribution in [2.45, 2.75) is 13.8 Å². The molecule has 0 spiro atoms. The molecule has 1 aromatic carbocycles. The molecule has 3 N–H and O–H groups in total. The van der Waals surface area contributed by atoms with E-state index in [1.54, 1.807) is 0 Å². The topological polar surface area (TPSA) is 76.2 Å². The van der Waals surface area contributed by atoms with Crippen LogP contribution in [0.4, 0.5) is 5.95 Å². The Hall–Kier alpha value is -2.69. The summed E-state index contributed by atoms with van der Waals surface area (Å²) < 4.78 is 0. The normalized spacial score (nSPS) is 11.2. The number of hydrogen-bond acceptors (Lipinski definition) is 3. The highest BCUT2D eigenvalue weighted by Crippen LogP contribution is 2.11. The number of hydrogen-bond donors (Lipinski definition) is 2. The van der Waals surface area contributed by atoms with Crippen molar-refractivity contribution >= 4 is 17.5 Å². The summed E-state index contributed by atoms with van der Waals surface area (Å²) in [7, 11) is 0. The predicted molar refractivity (Wildman–Crippen MR) is 87.1 cm³/mol. The fourth-order valence-electron chi connectivity index (χ4n) is 1.88. The minimum Gasteiger partial charge on any atom is -0.370 e. The zero-order valence-corrected chi connectivity index (χ0v) is 12.3. The molecule has 0 aliphatic heterocycles. The Kier molecular flexibility index (Phi) is 4.66. The first kappa shape index (κ1) is 14.7. The molecule has 0 fully saturated rings. The number of nitrogens with zero attached hydrogens (tertiary/aromatic N) is 3. The van der Waals surface area contributed by atoms with E-state index in [0.29, 0.717) is 12.5 Å². The number of anilines is 1. The number of aryl methyl sites for hydroxylation is 2. The maximum Gasteiger partial charge on any atom is 0.229 e. The van der Waals surface area contributed by atoms with Crippen LogP contribution in [0.25, 0.3) is 5.57 Å². The van der Waals surface area contributed by atoms with E-state index in [1.165, 1.54) is 0 Å². The largest absolute Gasteiger partial charge is 0.370 e. The van der Waals surface area contributed by atoms with E-state index in [1.807, 2.05) is 50.2 Å². The smallest absolute Gasteiger partial charge is 0.229 e. The highest BCUT2D eigenvalue weighted by atomic mass is 15.2. The van der Waals surface area contributed by atoms with E-state index in [9.17, 15) is 0 Å². The highest BCUT2D eigenvalue weighted by Gasteiger charge is 2.02. The Labute approximate surface area is 124 Å². The fourth-order valence-corrected chi connectivity index (χ4v) is 1.88. The average Bonchev–Trinajstić information content (AvgIpc) is 2.44. The van der Waals surface area contributed by atoms with E-state index in [-0.39, 0.29) is 5.96 Å². The van der Waals surface area contributed by atoms with Gasteiger partial charge < -0.3 is 5.73 Å². The number of aliphatic imine (C=N–C) groups is 1. The lowest BCUT2D eigenvalue weighted by molar-refractivity contribution is 1.06. The Balaban J connectivity index is 2.00. The van der Waals surface area contributed by atoms with Crippen LogP contribution in [-0.4, -0.2) is 22.5 Å². The molecule has 0 bridgehead atoms. The van der Waals surface area contributed by atoms with Crippen molar-refractivity contribution in [1.82, 2.24) is 9.97 Å². The van der Waals surface area contributed by atoms with Gasteiger partial charge in [0.25, 0.3) is 0 Å². The van der Waals surface area contributed by atoms with Crippen LogP contribution in [0.5, 0.6) is 0 Å². The molecule has 2 rings (SSSR count). The van der Waals surface area contributed by atoms with Crippen LogP contribution in [0.2, 0.25) is 0 Å². The summed E-state index contributed by atoms with van der Waals surface area (Å²) in [5.74, 6) is 0.733. The molecular weight excluding hydrogens is 262 g/mol. The van der Waals surface area contributed by atoms with Gasteiger partial charge in [-0.05, 0) is 31.1 Å². The van der Waals surface area contributed by atoms with Gasteiger partial charge in [0.2, 0.25) is 5.95 Å². The van der Waals surface area contributed by atoms with Gasteiger partial charge in [-0.25, -0.2) is 15.0 Å². The average molecular weight is 281 g/mol. The Morgan fingerprint density at radius 1 is 1.19 bits per heavy atom. The second kappa shape index (κ2) is 6.65. The summed E-state index contributed by atoms with van der Waals surface area (Å²) in [6.45, 7) is 8.25. The van der Waals surface area contributed by atoms with Gasteiger partial charge in [0.1, 0.15) is 0 Å². The predicted octanol–water partition coefficient (Wildman–Crippen LogP) is 2.53. The number of aromatic nitrogens is 2. The van der Waals surface area contributed by atoms with E-state index in [4.69, 9.17) is 5.73 Å². The molecule has 2 aromatic rings. The molecule has 0 saturated carbocycles. The lowest BCUT2D eigenvalue weighted by atomic mass is 10.1. The molecule has 21 heavy (non-hydrogen) atoms. The van der Waals surface area contributed by atoms with Crippen molar-refractivity contribution in [3.05, 3.63) is 59.9 Å². The summed E-state index contributed by atoms with van der Waals surface area (Å²) in [6, 6.07) is 11.8. The summed E-state index contributed by atoms with van der Waals surface area (Å²) in [5.41, 5.74) is 9.57. The zero-order valence-electron chi connectivity index (χ0n) is 12.3. The Bertz CT molecular complexity index is 641. The van der Waals surface area contributed by atoms with Crippen molar-refractivity contribution in [2.75, 3.05) is 11.9 Å². The molecule has 1 heterocycles. The van der Waals surface area contributed by atoms with Gasteiger partial charge in [-0.2, -0.15) is 0 Å². The van der Waals surface area contributed by atoms with Gasteiger partial charge in [-0.3, -0.25) is 5.32 Å². The van der Waals surface area contributed by atoms with Crippen molar-refractivity contribution in [1.29, 1.82) is 0 Å².